The van der Waals surface area contributed by atoms with Crippen molar-refractivity contribution in [2.45, 2.75) is 26.9 Å². The highest BCUT2D eigenvalue weighted by atomic mass is 16.3. The number of fused-ring (bicyclic) bond motifs is 2. The summed E-state index contributed by atoms with van der Waals surface area (Å²) in [6, 6.07) is 5.78. The number of hydrogen-bond donors (Lipinski definition) is 1. The van der Waals surface area contributed by atoms with Gasteiger partial charge in [0.05, 0.1) is 12.7 Å². The molecule has 0 spiro atoms. The van der Waals surface area contributed by atoms with Crippen LogP contribution in [0, 0.1) is 18.8 Å². The number of nitrogens with zero attached hydrogens (tertiary/aromatic N) is 6. The van der Waals surface area contributed by atoms with E-state index in [2.05, 4.69) is 32.1 Å². The van der Waals surface area contributed by atoms with E-state index in [4.69, 9.17) is 9.40 Å². The predicted molar refractivity (Wildman–Crippen MR) is 118 cm³/mol. The smallest absolute Gasteiger partial charge is 0.293 e. The Morgan fingerprint density at radius 3 is 2.84 bits per heavy atom. The van der Waals surface area contributed by atoms with E-state index in [1.165, 1.54) is 4.68 Å². The van der Waals surface area contributed by atoms with Crippen LogP contribution in [-0.2, 0) is 13.1 Å². The molecule has 1 aliphatic heterocycles. The van der Waals surface area contributed by atoms with Gasteiger partial charge in [-0.15, -0.1) is 5.92 Å². The van der Waals surface area contributed by atoms with Crippen LogP contribution >= 0.6 is 0 Å². The summed E-state index contributed by atoms with van der Waals surface area (Å²) >= 11 is 0. The molecule has 1 saturated heterocycles. The maximum absolute atomic E-state index is 13.4. The third kappa shape index (κ3) is 3.45. The van der Waals surface area contributed by atoms with Crippen LogP contribution in [0.15, 0.2) is 33.6 Å². The molecule has 0 atom stereocenters. The molecule has 31 heavy (non-hydrogen) atoms. The average molecular weight is 417 g/mol. The Morgan fingerprint density at radius 1 is 1.23 bits per heavy atom. The van der Waals surface area contributed by atoms with Crippen LogP contribution in [0.2, 0.25) is 0 Å². The Morgan fingerprint density at radius 2 is 2.06 bits per heavy atom. The summed E-state index contributed by atoms with van der Waals surface area (Å²) in [6.07, 6.45) is 1.63. The molecule has 4 heterocycles. The SMILES string of the molecule is CC#CCn1c(N2CCNCC2)nc2cnn(Cc3nc4c(C)cccc4o3)c(=O)c21. The first kappa shape index (κ1) is 19.3. The van der Waals surface area contributed by atoms with E-state index in [0.29, 0.717) is 29.1 Å². The average Bonchev–Trinajstić information content (AvgIpc) is 3.37. The summed E-state index contributed by atoms with van der Waals surface area (Å²) in [5.41, 5.74) is 3.37. The van der Waals surface area contributed by atoms with Crippen molar-refractivity contribution in [1.82, 2.24) is 29.6 Å². The maximum Gasteiger partial charge on any atom is 0.293 e. The highest BCUT2D eigenvalue weighted by molar-refractivity contribution is 5.77. The van der Waals surface area contributed by atoms with Gasteiger partial charge < -0.3 is 14.6 Å². The zero-order valence-electron chi connectivity index (χ0n) is 17.6. The first-order chi connectivity index (χ1) is 15.2. The Kier molecular flexibility index (Phi) is 4.92. The summed E-state index contributed by atoms with van der Waals surface area (Å²) in [4.78, 5) is 24.8. The summed E-state index contributed by atoms with van der Waals surface area (Å²) in [6.45, 7) is 7.73. The van der Waals surface area contributed by atoms with Crippen LogP contribution in [0.5, 0.6) is 0 Å². The number of aromatic nitrogens is 5. The summed E-state index contributed by atoms with van der Waals surface area (Å²) in [5.74, 6) is 7.19. The van der Waals surface area contributed by atoms with Crippen molar-refractivity contribution in [1.29, 1.82) is 0 Å². The Labute approximate surface area is 178 Å². The highest BCUT2D eigenvalue weighted by Gasteiger charge is 2.22. The van der Waals surface area contributed by atoms with Crippen LogP contribution < -0.4 is 15.8 Å². The number of benzene rings is 1. The minimum Gasteiger partial charge on any atom is -0.439 e. The van der Waals surface area contributed by atoms with E-state index in [9.17, 15) is 4.79 Å². The van der Waals surface area contributed by atoms with Crippen molar-refractivity contribution >= 4 is 28.1 Å². The van der Waals surface area contributed by atoms with Gasteiger partial charge >= 0.3 is 0 Å². The molecule has 5 rings (SSSR count). The van der Waals surface area contributed by atoms with E-state index in [1.807, 2.05) is 29.7 Å². The number of hydrogen-bond acceptors (Lipinski definition) is 7. The third-order valence-electron chi connectivity index (χ3n) is 5.49. The first-order valence-electron chi connectivity index (χ1n) is 10.3. The quantitative estimate of drug-likeness (QED) is 0.503. The van der Waals surface area contributed by atoms with Crippen LogP contribution in [0.3, 0.4) is 0 Å². The number of para-hydroxylation sites is 1. The van der Waals surface area contributed by atoms with Crippen molar-refractivity contribution in [3.63, 3.8) is 0 Å². The lowest BCUT2D eigenvalue weighted by Crippen LogP contribution is -2.44. The number of oxazole rings is 1. The highest BCUT2D eigenvalue weighted by Crippen LogP contribution is 2.21. The maximum atomic E-state index is 13.4. The van der Waals surface area contributed by atoms with Crippen LogP contribution in [-0.4, -0.2) is 50.5 Å². The molecule has 4 aromatic rings. The third-order valence-corrected chi connectivity index (χ3v) is 5.49. The van der Waals surface area contributed by atoms with Gasteiger partial charge in [-0.1, -0.05) is 18.1 Å². The molecule has 1 fully saturated rings. The molecule has 158 valence electrons. The Balaban J connectivity index is 1.59. The fourth-order valence-corrected chi connectivity index (χ4v) is 3.93. The van der Waals surface area contributed by atoms with Gasteiger partial charge in [-0.3, -0.25) is 9.36 Å². The lowest BCUT2D eigenvalue weighted by molar-refractivity contribution is 0.482. The number of piperazine rings is 1. The first-order valence-corrected chi connectivity index (χ1v) is 10.3. The minimum absolute atomic E-state index is 0.149. The molecule has 0 radical (unpaired) electrons. The van der Waals surface area contributed by atoms with Gasteiger partial charge in [0.1, 0.15) is 23.1 Å². The van der Waals surface area contributed by atoms with Crippen molar-refractivity contribution in [3.05, 3.63) is 46.2 Å². The molecule has 1 aliphatic rings. The molecule has 3 aromatic heterocycles. The normalized spacial score (nSPS) is 14.2. The molecule has 1 aromatic carbocycles. The standard InChI is InChI=1S/C22H23N7O2/c1-3-4-10-28-20-16(25-22(28)27-11-8-23-9-12-27)13-24-29(21(20)30)14-18-26-19-15(2)6-5-7-17(19)31-18/h5-7,13,23H,8-12,14H2,1-2H3. The van der Waals surface area contributed by atoms with E-state index >= 15 is 0 Å². The van der Waals surface area contributed by atoms with E-state index in [0.717, 1.165) is 43.2 Å². The van der Waals surface area contributed by atoms with Gasteiger partial charge in [0, 0.05) is 26.2 Å². The summed E-state index contributed by atoms with van der Waals surface area (Å²) in [5, 5.41) is 7.68. The zero-order valence-corrected chi connectivity index (χ0v) is 17.6. The predicted octanol–water partition coefficient (Wildman–Crippen LogP) is 1.52. The number of aryl methyl sites for hydroxylation is 1. The van der Waals surface area contributed by atoms with E-state index in [-0.39, 0.29) is 12.1 Å². The van der Waals surface area contributed by atoms with Crippen molar-refractivity contribution < 1.29 is 4.42 Å². The fourth-order valence-electron chi connectivity index (χ4n) is 3.93. The molecule has 0 bridgehead atoms. The van der Waals surface area contributed by atoms with Crippen molar-refractivity contribution in [2.75, 3.05) is 31.1 Å². The number of rotatable bonds is 4. The van der Waals surface area contributed by atoms with Gasteiger partial charge in [-0.25, -0.2) is 14.6 Å². The summed E-state index contributed by atoms with van der Waals surface area (Å²) < 4.78 is 9.12. The lowest BCUT2D eigenvalue weighted by Gasteiger charge is -2.28. The second-order valence-corrected chi connectivity index (χ2v) is 7.53. The molecular formula is C22H23N7O2. The number of nitrogens with one attached hydrogen (secondary N) is 1. The van der Waals surface area contributed by atoms with Crippen molar-refractivity contribution in [2.24, 2.45) is 0 Å². The van der Waals surface area contributed by atoms with Gasteiger partial charge in [0.2, 0.25) is 11.8 Å². The van der Waals surface area contributed by atoms with Gasteiger partial charge in [-0.2, -0.15) is 5.10 Å². The molecule has 9 nitrogen and oxygen atoms in total. The summed E-state index contributed by atoms with van der Waals surface area (Å²) in [7, 11) is 0. The Bertz CT molecular complexity index is 1380. The molecular weight excluding hydrogens is 394 g/mol. The largest absolute Gasteiger partial charge is 0.439 e. The second-order valence-electron chi connectivity index (χ2n) is 7.53. The Hall–Kier alpha value is -3.64. The topological polar surface area (TPSA) is 94.0 Å². The van der Waals surface area contributed by atoms with E-state index in [1.54, 1.807) is 13.1 Å². The van der Waals surface area contributed by atoms with Crippen molar-refractivity contribution in [3.8, 4) is 11.8 Å². The van der Waals surface area contributed by atoms with Gasteiger partial charge in [-0.05, 0) is 25.5 Å². The van der Waals surface area contributed by atoms with Gasteiger partial charge in [0.25, 0.3) is 5.56 Å². The monoisotopic (exact) mass is 417 g/mol. The number of anilines is 1. The molecule has 0 aliphatic carbocycles. The van der Waals surface area contributed by atoms with Crippen LogP contribution in [0.25, 0.3) is 22.1 Å². The number of imidazole rings is 1. The van der Waals surface area contributed by atoms with Crippen LogP contribution in [0.4, 0.5) is 5.95 Å². The second kappa shape index (κ2) is 7.89. The molecule has 0 amide bonds. The molecule has 1 N–H and O–H groups in total. The lowest BCUT2D eigenvalue weighted by atomic mass is 10.2. The zero-order chi connectivity index (χ0) is 21.4. The molecule has 9 heteroatoms. The minimum atomic E-state index is -0.233. The van der Waals surface area contributed by atoms with Gasteiger partial charge in [0.15, 0.2) is 5.58 Å². The molecule has 0 saturated carbocycles. The van der Waals surface area contributed by atoms with E-state index < -0.39 is 0 Å². The fraction of sp³-hybridized carbons (Fsp3) is 0.364. The molecule has 0 unspecified atom stereocenters. The van der Waals surface area contributed by atoms with Crippen LogP contribution in [0.1, 0.15) is 18.4 Å².